The maximum atomic E-state index is 13.5. The molecule has 0 saturated heterocycles. The fourth-order valence-electron chi connectivity index (χ4n) is 1.28. The van der Waals surface area contributed by atoms with Crippen LogP contribution in [0.4, 0.5) is 4.39 Å². The number of ether oxygens (including phenoxy) is 1. The average molecular weight is 261 g/mol. The van der Waals surface area contributed by atoms with Gasteiger partial charge in [0.1, 0.15) is 18.2 Å². The van der Waals surface area contributed by atoms with E-state index in [1.807, 2.05) is 0 Å². The van der Waals surface area contributed by atoms with Gasteiger partial charge in [-0.2, -0.15) is 0 Å². The Balaban J connectivity index is 2.65. The molecule has 0 aliphatic heterocycles. The Morgan fingerprint density at radius 3 is 2.59 bits per heavy atom. The van der Waals surface area contributed by atoms with Crippen LogP contribution in [0.5, 0.6) is 5.75 Å². The maximum Gasteiger partial charge on any atom is 0.150 e. The van der Waals surface area contributed by atoms with Crippen LogP contribution in [0, 0.1) is 5.82 Å². The van der Waals surface area contributed by atoms with Crippen LogP contribution in [0.25, 0.3) is 0 Å². The molecular formula is C11H16FNO3S. The third-order valence-corrected chi connectivity index (χ3v) is 3.09. The van der Waals surface area contributed by atoms with E-state index in [-0.39, 0.29) is 18.4 Å². The molecule has 4 nitrogen and oxygen atoms in total. The zero-order valence-electron chi connectivity index (χ0n) is 9.81. The fraction of sp³-hybridized carbons (Fsp3) is 0.455. The highest BCUT2D eigenvalue weighted by molar-refractivity contribution is 7.90. The minimum absolute atomic E-state index is 0.00972. The van der Waals surface area contributed by atoms with E-state index in [0.717, 1.165) is 6.26 Å². The Labute approximate surface area is 101 Å². The van der Waals surface area contributed by atoms with Gasteiger partial charge in [-0.15, -0.1) is 0 Å². The monoisotopic (exact) mass is 261 g/mol. The van der Waals surface area contributed by atoms with Crippen molar-refractivity contribution in [3.05, 3.63) is 29.6 Å². The van der Waals surface area contributed by atoms with Crippen LogP contribution >= 0.6 is 0 Å². The summed E-state index contributed by atoms with van der Waals surface area (Å²) in [5, 5.41) is 0. The largest absolute Gasteiger partial charge is 0.492 e. The van der Waals surface area contributed by atoms with E-state index in [1.54, 1.807) is 13.0 Å². The lowest BCUT2D eigenvalue weighted by Gasteiger charge is -2.10. The van der Waals surface area contributed by atoms with Gasteiger partial charge in [-0.25, -0.2) is 12.8 Å². The summed E-state index contributed by atoms with van der Waals surface area (Å²) >= 11 is 0. The molecule has 6 heteroatoms. The maximum absolute atomic E-state index is 13.5. The highest BCUT2D eigenvalue weighted by Gasteiger charge is 2.08. The predicted molar refractivity (Wildman–Crippen MR) is 64.2 cm³/mol. The second kappa shape index (κ2) is 5.46. The molecule has 0 aliphatic carbocycles. The van der Waals surface area contributed by atoms with Gasteiger partial charge in [0.15, 0.2) is 9.84 Å². The van der Waals surface area contributed by atoms with Crippen LogP contribution in [-0.2, 0) is 9.84 Å². The highest BCUT2D eigenvalue weighted by atomic mass is 32.2. The molecule has 0 radical (unpaired) electrons. The normalized spacial score (nSPS) is 13.4. The van der Waals surface area contributed by atoms with E-state index in [2.05, 4.69) is 0 Å². The zero-order chi connectivity index (χ0) is 13.1. The van der Waals surface area contributed by atoms with Crippen molar-refractivity contribution in [2.45, 2.75) is 13.0 Å². The summed E-state index contributed by atoms with van der Waals surface area (Å²) in [6.45, 7) is 1.69. The molecule has 0 heterocycles. The first-order valence-electron chi connectivity index (χ1n) is 5.15. The molecule has 96 valence electrons. The van der Waals surface area contributed by atoms with Gasteiger partial charge in [-0.05, 0) is 13.0 Å². The number of hydrogen-bond acceptors (Lipinski definition) is 4. The van der Waals surface area contributed by atoms with Crippen LogP contribution in [0.3, 0.4) is 0 Å². The Kier molecular flexibility index (Phi) is 4.47. The number of benzene rings is 1. The number of halogens is 1. The van der Waals surface area contributed by atoms with E-state index in [9.17, 15) is 12.8 Å². The minimum Gasteiger partial charge on any atom is -0.492 e. The van der Waals surface area contributed by atoms with Crippen molar-refractivity contribution in [1.29, 1.82) is 0 Å². The topological polar surface area (TPSA) is 69.4 Å². The van der Waals surface area contributed by atoms with Gasteiger partial charge in [0.05, 0.1) is 5.75 Å². The third kappa shape index (κ3) is 4.70. The van der Waals surface area contributed by atoms with Crippen molar-refractivity contribution in [2.75, 3.05) is 18.6 Å². The molecule has 0 spiro atoms. The van der Waals surface area contributed by atoms with Gasteiger partial charge in [0.25, 0.3) is 0 Å². The highest BCUT2D eigenvalue weighted by Crippen LogP contribution is 2.20. The molecule has 1 aromatic rings. The summed E-state index contributed by atoms with van der Waals surface area (Å²) in [6, 6.07) is 3.93. The molecule has 1 aromatic carbocycles. The summed E-state index contributed by atoms with van der Waals surface area (Å²) in [5.74, 6) is -0.240. The van der Waals surface area contributed by atoms with Crippen LogP contribution in [0.1, 0.15) is 18.5 Å². The molecule has 0 aromatic heterocycles. The Bertz CT molecular complexity index is 485. The SMILES string of the molecule is C[C@@H](N)c1ccc(OCCS(C)(=O)=O)cc1F. The minimum atomic E-state index is -3.06. The van der Waals surface area contributed by atoms with Crippen molar-refractivity contribution in [3.63, 3.8) is 0 Å². The van der Waals surface area contributed by atoms with Crippen molar-refractivity contribution in [3.8, 4) is 5.75 Å². The molecule has 0 unspecified atom stereocenters. The van der Waals surface area contributed by atoms with Crippen LogP contribution in [0.2, 0.25) is 0 Å². The van der Waals surface area contributed by atoms with Gasteiger partial charge >= 0.3 is 0 Å². The zero-order valence-corrected chi connectivity index (χ0v) is 10.6. The van der Waals surface area contributed by atoms with E-state index in [0.29, 0.717) is 11.3 Å². The lowest BCUT2D eigenvalue weighted by Crippen LogP contribution is -2.12. The van der Waals surface area contributed by atoms with Crippen molar-refractivity contribution >= 4 is 9.84 Å². The first-order valence-corrected chi connectivity index (χ1v) is 7.21. The molecular weight excluding hydrogens is 245 g/mol. The van der Waals surface area contributed by atoms with Gasteiger partial charge in [-0.1, -0.05) is 6.07 Å². The number of hydrogen-bond donors (Lipinski definition) is 1. The smallest absolute Gasteiger partial charge is 0.150 e. The van der Waals surface area contributed by atoms with Crippen LogP contribution < -0.4 is 10.5 Å². The van der Waals surface area contributed by atoms with Crippen molar-refractivity contribution in [2.24, 2.45) is 5.73 Å². The van der Waals surface area contributed by atoms with Gasteiger partial charge in [-0.3, -0.25) is 0 Å². The second-order valence-electron chi connectivity index (χ2n) is 3.95. The molecule has 1 atom stereocenters. The van der Waals surface area contributed by atoms with E-state index >= 15 is 0 Å². The van der Waals surface area contributed by atoms with E-state index in [4.69, 9.17) is 10.5 Å². The molecule has 0 bridgehead atoms. The molecule has 0 saturated carbocycles. The Morgan fingerprint density at radius 2 is 2.12 bits per heavy atom. The van der Waals surface area contributed by atoms with Gasteiger partial charge < -0.3 is 10.5 Å². The molecule has 0 fully saturated rings. The standard InChI is InChI=1S/C11H16FNO3S/c1-8(13)10-4-3-9(7-11(10)12)16-5-6-17(2,14)15/h3-4,7-8H,5-6,13H2,1-2H3/t8-/m1/s1. The lowest BCUT2D eigenvalue weighted by molar-refractivity contribution is 0.338. The number of sulfone groups is 1. The Hall–Kier alpha value is -1.14. The third-order valence-electron chi connectivity index (χ3n) is 2.19. The molecule has 17 heavy (non-hydrogen) atoms. The predicted octanol–water partition coefficient (Wildman–Crippen LogP) is 1.27. The first-order chi connectivity index (χ1) is 7.79. The lowest BCUT2D eigenvalue weighted by atomic mass is 10.1. The molecule has 0 aliphatic rings. The van der Waals surface area contributed by atoms with Gasteiger partial charge in [0.2, 0.25) is 0 Å². The molecule has 0 amide bonds. The summed E-state index contributed by atoms with van der Waals surface area (Å²) in [5.41, 5.74) is 5.96. The summed E-state index contributed by atoms with van der Waals surface area (Å²) in [6.07, 6.45) is 1.12. The quantitative estimate of drug-likeness (QED) is 0.866. The van der Waals surface area contributed by atoms with E-state index in [1.165, 1.54) is 12.1 Å². The molecule has 1 rings (SSSR count). The van der Waals surface area contributed by atoms with Crippen LogP contribution in [-0.4, -0.2) is 27.0 Å². The van der Waals surface area contributed by atoms with Crippen LogP contribution in [0.15, 0.2) is 18.2 Å². The van der Waals surface area contributed by atoms with Crippen molar-refractivity contribution < 1.29 is 17.5 Å². The van der Waals surface area contributed by atoms with Crippen molar-refractivity contribution in [1.82, 2.24) is 0 Å². The number of rotatable bonds is 5. The first kappa shape index (κ1) is 13.9. The Morgan fingerprint density at radius 1 is 1.47 bits per heavy atom. The average Bonchev–Trinajstić information content (AvgIpc) is 2.15. The summed E-state index contributed by atoms with van der Waals surface area (Å²) < 4.78 is 40.3. The fourth-order valence-corrected chi connectivity index (χ4v) is 1.66. The summed E-state index contributed by atoms with van der Waals surface area (Å²) in [4.78, 5) is 0. The summed E-state index contributed by atoms with van der Waals surface area (Å²) in [7, 11) is -3.06. The van der Waals surface area contributed by atoms with Gasteiger partial charge in [0, 0.05) is 23.9 Å². The second-order valence-corrected chi connectivity index (χ2v) is 6.21. The number of nitrogens with two attached hydrogens (primary N) is 1. The molecule has 2 N–H and O–H groups in total. The van der Waals surface area contributed by atoms with E-state index < -0.39 is 15.7 Å².